The molecule has 4 rings (SSSR count). The third-order valence-electron chi connectivity index (χ3n) is 4.16. The number of aryl methyl sites for hydroxylation is 1. The fourth-order valence-electron chi connectivity index (χ4n) is 3.05. The van der Waals surface area contributed by atoms with Crippen LogP contribution in [0.1, 0.15) is 5.56 Å². The Balaban J connectivity index is 1.61. The quantitative estimate of drug-likeness (QED) is 0.741. The van der Waals surface area contributed by atoms with E-state index >= 15 is 0 Å². The van der Waals surface area contributed by atoms with Crippen LogP contribution in [0, 0.1) is 6.92 Å². The molecule has 0 spiro atoms. The molecule has 0 saturated carbocycles. The molecule has 0 N–H and O–H groups in total. The topological polar surface area (TPSA) is 56.1 Å². The molecular weight excluding hydrogens is 290 g/mol. The molecule has 2 aromatic heterocycles. The maximum Gasteiger partial charge on any atom is 0.140 e. The van der Waals surface area contributed by atoms with Crippen LogP contribution in [0.15, 0.2) is 43.0 Å². The van der Waals surface area contributed by atoms with Gasteiger partial charge in [-0.3, -0.25) is 4.68 Å². The Morgan fingerprint density at radius 3 is 3.13 bits per heavy atom. The molecule has 1 atom stereocenters. The molecule has 23 heavy (non-hydrogen) atoms. The second kappa shape index (κ2) is 5.96. The molecular formula is C17H19N5O. The Labute approximate surface area is 134 Å². The third-order valence-corrected chi connectivity index (χ3v) is 4.16. The summed E-state index contributed by atoms with van der Waals surface area (Å²) in [5.41, 5.74) is 2.20. The van der Waals surface area contributed by atoms with Gasteiger partial charge in [-0.25, -0.2) is 9.97 Å². The number of anilines is 1. The number of hydrogen-bond donors (Lipinski definition) is 0. The summed E-state index contributed by atoms with van der Waals surface area (Å²) in [5, 5.41) is 5.37. The van der Waals surface area contributed by atoms with Crippen LogP contribution in [0.5, 0.6) is 0 Å². The molecule has 0 aliphatic carbocycles. The van der Waals surface area contributed by atoms with Crippen LogP contribution in [0.4, 0.5) is 5.82 Å². The van der Waals surface area contributed by atoms with Gasteiger partial charge in [0.1, 0.15) is 12.1 Å². The van der Waals surface area contributed by atoms with Gasteiger partial charge < -0.3 is 9.64 Å². The normalized spacial score (nSPS) is 18.5. The van der Waals surface area contributed by atoms with E-state index in [1.54, 1.807) is 12.5 Å². The summed E-state index contributed by atoms with van der Waals surface area (Å²) in [6.07, 6.45) is 5.51. The summed E-state index contributed by atoms with van der Waals surface area (Å²) in [5.74, 6) is 0.993. The zero-order chi connectivity index (χ0) is 15.6. The first-order valence-electron chi connectivity index (χ1n) is 7.85. The van der Waals surface area contributed by atoms with E-state index in [1.165, 1.54) is 5.56 Å². The summed E-state index contributed by atoms with van der Waals surface area (Å²) in [6.45, 7) is 5.19. The van der Waals surface area contributed by atoms with Crippen molar-refractivity contribution in [3.05, 3.63) is 48.5 Å². The molecule has 1 aliphatic rings. The lowest BCUT2D eigenvalue weighted by Crippen LogP contribution is -2.44. The number of benzene rings is 1. The molecule has 1 aromatic carbocycles. The van der Waals surface area contributed by atoms with Gasteiger partial charge in [-0.2, -0.15) is 5.10 Å². The average molecular weight is 309 g/mol. The second-order valence-electron chi connectivity index (χ2n) is 5.88. The van der Waals surface area contributed by atoms with Crippen LogP contribution in [0.3, 0.4) is 0 Å². The standard InChI is InChI=1S/C17H19N5O/c1-13-3-4-16-15(9-13)17(19-12-18-16)21-7-8-23-14(10-21)11-22-6-2-5-20-22/h2-6,9,12,14H,7-8,10-11H2,1H3. The summed E-state index contributed by atoms with van der Waals surface area (Å²) < 4.78 is 7.81. The van der Waals surface area contributed by atoms with Crippen LogP contribution < -0.4 is 4.90 Å². The van der Waals surface area contributed by atoms with E-state index in [0.717, 1.165) is 36.4 Å². The molecule has 1 aliphatic heterocycles. The van der Waals surface area contributed by atoms with Crippen LogP contribution in [0.25, 0.3) is 10.9 Å². The molecule has 118 valence electrons. The van der Waals surface area contributed by atoms with Gasteiger partial charge in [0.25, 0.3) is 0 Å². The van der Waals surface area contributed by atoms with Crippen molar-refractivity contribution in [2.24, 2.45) is 0 Å². The predicted octanol–water partition coefficient (Wildman–Crippen LogP) is 2.04. The molecule has 0 radical (unpaired) electrons. The minimum Gasteiger partial charge on any atom is -0.373 e. The van der Waals surface area contributed by atoms with E-state index in [9.17, 15) is 0 Å². The van der Waals surface area contributed by atoms with E-state index < -0.39 is 0 Å². The number of fused-ring (bicyclic) bond motifs is 1. The maximum absolute atomic E-state index is 5.89. The first-order valence-corrected chi connectivity index (χ1v) is 7.85. The number of aromatic nitrogens is 4. The Morgan fingerprint density at radius 1 is 1.30 bits per heavy atom. The molecule has 6 nitrogen and oxygen atoms in total. The molecule has 6 heteroatoms. The summed E-state index contributed by atoms with van der Waals surface area (Å²) in [6, 6.07) is 8.22. The SMILES string of the molecule is Cc1ccc2ncnc(N3CCOC(Cn4cccn4)C3)c2c1. The number of morpholine rings is 1. The smallest absolute Gasteiger partial charge is 0.140 e. The largest absolute Gasteiger partial charge is 0.373 e. The Morgan fingerprint density at radius 2 is 2.26 bits per heavy atom. The van der Waals surface area contributed by atoms with Crippen LogP contribution >= 0.6 is 0 Å². The monoisotopic (exact) mass is 309 g/mol. The van der Waals surface area contributed by atoms with E-state index in [4.69, 9.17) is 4.74 Å². The van der Waals surface area contributed by atoms with Crippen molar-refractivity contribution in [3.63, 3.8) is 0 Å². The first kappa shape index (κ1) is 14.1. The van der Waals surface area contributed by atoms with Gasteiger partial charge in [-0.15, -0.1) is 0 Å². The van der Waals surface area contributed by atoms with Gasteiger partial charge in [0.15, 0.2) is 0 Å². The molecule has 1 saturated heterocycles. The lowest BCUT2D eigenvalue weighted by atomic mass is 10.1. The minimum atomic E-state index is 0.110. The molecule has 0 bridgehead atoms. The number of ether oxygens (including phenoxy) is 1. The zero-order valence-corrected chi connectivity index (χ0v) is 13.1. The van der Waals surface area contributed by atoms with E-state index in [0.29, 0.717) is 6.61 Å². The van der Waals surface area contributed by atoms with Gasteiger partial charge in [0.05, 0.1) is 24.8 Å². The number of rotatable bonds is 3. The van der Waals surface area contributed by atoms with Crippen molar-refractivity contribution in [1.29, 1.82) is 0 Å². The summed E-state index contributed by atoms with van der Waals surface area (Å²) >= 11 is 0. The zero-order valence-electron chi connectivity index (χ0n) is 13.1. The van der Waals surface area contributed by atoms with Crippen molar-refractivity contribution >= 4 is 16.7 Å². The molecule has 3 heterocycles. The van der Waals surface area contributed by atoms with Gasteiger partial charge in [0, 0.05) is 30.9 Å². The highest BCUT2D eigenvalue weighted by atomic mass is 16.5. The van der Waals surface area contributed by atoms with Crippen molar-refractivity contribution in [1.82, 2.24) is 19.7 Å². The highest BCUT2D eigenvalue weighted by Crippen LogP contribution is 2.25. The summed E-state index contributed by atoms with van der Waals surface area (Å²) in [7, 11) is 0. The van der Waals surface area contributed by atoms with Gasteiger partial charge in [-0.1, -0.05) is 11.6 Å². The van der Waals surface area contributed by atoms with Crippen molar-refractivity contribution in [2.75, 3.05) is 24.6 Å². The highest BCUT2D eigenvalue weighted by molar-refractivity contribution is 5.89. The maximum atomic E-state index is 5.89. The molecule has 1 unspecified atom stereocenters. The Bertz CT molecular complexity index is 802. The lowest BCUT2D eigenvalue weighted by Gasteiger charge is -2.34. The third kappa shape index (κ3) is 2.90. The van der Waals surface area contributed by atoms with Crippen LogP contribution in [0.2, 0.25) is 0 Å². The summed E-state index contributed by atoms with van der Waals surface area (Å²) in [4.78, 5) is 11.2. The van der Waals surface area contributed by atoms with Gasteiger partial charge in [0.2, 0.25) is 0 Å². The number of hydrogen-bond acceptors (Lipinski definition) is 5. The second-order valence-corrected chi connectivity index (χ2v) is 5.88. The molecule has 0 amide bonds. The molecule has 3 aromatic rings. The predicted molar refractivity (Wildman–Crippen MR) is 88.5 cm³/mol. The highest BCUT2D eigenvalue weighted by Gasteiger charge is 2.23. The minimum absolute atomic E-state index is 0.110. The van der Waals surface area contributed by atoms with Crippen LogP contribution in [-0.2, 0) is 11.3 Å². The average Bonchev–Trinajstić information content (AvgIpc) is 3.07. The fourth-order valence-corrected chi connectivity index (χ4v) is 3.05. The van der Waals surface area contributed by atoms with E-state index in [2.05, 4.69) is 45.1 Å². The van der Waals surface area contributed by atoms with Crippen LogP contribution in [-0.4, -0.2) is 45.5 Å². The fraction of sp³-hybridized carbons (Fsp3) is 0.353. The Hall–Kier alpha value is -2.47. The van der Waals surface area contributed by atoms with Crippen molar-refractivity contribution in [3.8, 4) is 0 Å². The Kier molecular flexibility index (Phi) is 3.67. The van der Waals surface area contributed by atoms with E-state index in [-0.39, 0.29) is 6.10 Å². The number of nitrogens with zero attached hydrogens (tertiary/aromatic N) is 5. The molecule has 1 fully saturated rings. The van der Waals surface area contributed by atoms with Gasteiger partial charge in [-0.05, 0) is 25.1 Å². The van der Waals surface area contributed by atoms with Gasteiger partial charge >= 0.3 is 0 Å². The van der Waals surface area contributed by atoms with Crippen molar-refractivity contribution in [2.45, 2.75) is 19.6 Å². The van der Waals surface area contributed by atoms with Crippen molar-refractivity contribution < 1.29 is 4.74 Å². The lowest BCUT2D eigenvalue weighted by molar-refractivity contribution is 0.0273. The first-order chi connectivity index (χ1) is 11.3. The van der Waals surface area contributed by atoms with E-state index in [1.807, 2.05) is 16.9 Å².